The van der Waals surface area contributed by atoms with Crippen molar-refractivity contribution in [3.05, 3.63) is 107 Å². The Labute approximate surface area is 208 Å². The number of carbonyl (C=O) groups is 1. The molecule has 0 aliphatic carbocycles. The molecule has 8 heteroatoms. The number of nitrogens with one attached hydrogen (secondary N) is 1. The summed E-state index contributed by atoms with van der Waals surface area (Å²) in [7, 11) is 0. The molecule has 1 fully saturated rings. The first-order chi connectivity index (χ1) is 16.9. The van der Waals surface area contributed by atoms with E-state index in [1.54, 1.807) is 30.5 Å². The summed E-state index contributed by atoms with van der Waals surface area (Å²) in [6, 6.07) is 21.4. The van der Waals surface area contributed by atoms with Gasteiger partial charge in [-0.3, -0.25) is 4.98 Å². The van der Waals surface area contributed by atoms with Crippen molar-refractivity contribution in [1.29, 1.82) is 0 Å². The molecule has 0 radical (unpaired) electrons. The molecule has 0 unspecified atom stereocenters. The lowest BCUT2D eigenvalue weighted by Crippen LogP contribution is -2.29. The topological polar surface area (TPSA) is 90.6 Å². The molecule has 2 aromatic carbocycles. The number of para-hydroxylation sites is 2. The van der Waals surface area contributed by atoms with Gasteiger partial charge in [0, 0.05) is 23.3 Å². The fourth-order valence-electron chi connectivity index (χ4n) is 4.84. The van der Waals surface area contributed by atoms with E-state index in [1.165, 1.54) is 0 Å². The molecular formula is C27H24N4O3S. The van der Waals surface area contributed by atoms with Crippen molar-refractivity contribution in [1.82, 2.24) is 14.9 Å². The molecule has 0 saturated carbocycles. The van der Waals surface area contributed by atoms with E-state index >= 15 is 0 Å². The zero-order valence-corrected chi connectivity index (χ0v) is 20.0. The van der Waals surface area contributed by atoms with Crippen LogP contribution in [0.3, 0.4) is 0 Å². The second-order valence-corrected chi connectivity index (χ2v) is 8.89. The van der Waals surface area contributed by atoms with Crippen molar-refractivity contribution in [3.63, 3.8) is 0 Å². The van der Waals surface area contributed by atoms with Crippen molar-refractivity contribution < 1.29 is 15.0 Å². The van der Waals surface area contributed by atoms with Gasteiger partial charge in [-0.05, 0) is 86.2 Å². The number of pyridine rings is 1. The molecule has 2 aromatic heterocycles. The number of carboxylic acids is 1. The van der Waals surface area contributed by atoms with Crippen LogP contribution in [0.5, 0.6) is 5.75 Å². The average Bonchev–Trinajstić information content (AvgIpc) is 3.35. The molecule has 1 aliphatic rings. The first kappa shape index (κ1) is 22.6. The number of hydrogen-bond donors (Lipinski definition) is 3. The van der Waals surface area contributed by atoms with Gasteiger partial charge >= 0.3 is 5.97 Å². The predicted molar refractivity (Wildman–Crippen MR) is 138 cm³/mol. The summed E-state index contributed by atoms with van der Waals surface area (Å²) in [5.74, 6) is -0.818. The van der Waals surface area contributed by atoms with E-state index in [0.717, 1.165) is 28.3 Å². The van der Waals surface area contributed by atoms with Crippen LogP contribution in [0.25, 0.3) is 5.69 Å². The average molecular weight is 485 g/mol. The highest BCUT2D eigenvalue weighted by Gasteiger charge is 2.43. The second kappa shape index (κ2) is 8.88. The SMILES string of the molecule is Cc1cc([C@H]2[C@H](c3ccccn3)NC(=S)N2c2ccccc2O)c(C)n1-c1ccc(C(=O)O)cc1. The molecule has 35 heavy (non-hydrogen) atoms. The maximum Gasteiger partial charge on any atom is 0.335 e. The molecule has 0 spiro atoms. The molecular weight excluding hydrogens is 460 g/mol. The van der Waals surface area contributed by atoms with Crippen LogP contribution in [0.15, 0.2) is 79.0 Å². The predicted octanol–water partition coefficient (Wildman–Crippen LogP) is 5.07. The molecule has 4 aromatic rings. The van der Waals surface area contributed by atoms with Crippen LogP contribution in [0.4, 0.5) is 5.69 Å². The Kier molecular flexibility index (Phi) is 5.74. The quantitative estimate of drug-likeness (QED) is 0.341. The molecule has 1 aliphatic heterocycles. The van der Waals surface area contributed by atoms with Crippen molar-refractivity contribution in [2.24, 2.45) is 0 Å². The van der Waals surface area contributed by atoms with Crippen LogP contribution < -0.4 is 10.2 Å². The Morgan fingerprint density at radius 2 is 1.74 bits per heavy atom. The lowest BCUT2D eigenvalue weighted by Gasteiger charge is -2.28. The molecule has 3 N–H and O–H groups in total. The van der Waals surface area contributed by atoms with Crippen LogP contribution in [0, 0.1) is 13.8 Å². The zero-order chi connectivity index (χ0) is 24.7. The number of aryl methyl sites for hydroxylation is 1. The smallest absolute Gasteiger partial charge is 0.335 e. The summed E-state index contributed by atoms with van der Waals surface area (Å²) in [5.41, 5.74) is 5.57. The van der Waals surface area contributed by atoms with Crippen LogP contribution in [-0.2, 0) is 0 Å². The maximum absolute atomic E-state index is 11.3. The van der Waals surface area contributed by atoms with Gasteiger partial charge in [-0.2, -0.15) is 0 Å². The standard InChI is InChI=1S/C27H24N4O3S/c1-16-15-20(17(2)30(16)19-12-10-18(11-13-19)26(33)34)25-24(21-7-5-6-14-28-21)29-27(35)31(25)22-8-3-4-9-23(22)32/h3-15,24-25,32H,1-2H3,(H,29,35)(H,33,34)/t24-,25-/m0/s1. The number of rotatable bonds is 5. The minimum absolute atomic E-state index is 0.140. The first-order valence-corrected chi connectivity index (χ1v) is 11.6. The number of phenolic OH excluding ortho intramolecular Hbond substituents is 1. The Morgan fingerprint density at radius 1 is 1.03 bits per heavy atom. The molecule has 0 bridgehead atoms. The van der Waals surface area contributed by atoms with Gasteiger partial charge in [0.2, 0.25) is 0 Å². The van der Waals surface area contributed by atoms with Crippen LogP contribution in [0.2, 0.25) is 0 Å². The summed E-state index contributed by atoms with van der Waals surface area (Å²) in [4.78, 5) is 17.8. The number of thiocarbonyl (C=S) groups is 1. The van der Waals surface area contributed by atoms with Crippen molar-refractivity contribution in [3.8, 4) is 11.4 Å². The number of aromatic carboxylic acids is 1. The summed E-state index contributed by atoms with van der Waals surface area (Å²) < 4.78 is 2.10. The zero-order valence-electron chi connectivity index (χ0n) is 19.2. The number of nitrogens with zero attached hydrogens (tertiary/aromatic N) is 3. The minimum atomic E-state index is -0.958. The van der Waals surface area contributed by atoms with E-state index < -0.39 is 5.97 Å². The van der Waals surface area contributed by atoms with E-state index in [-0.39, 0.29) is 23.4 Å². The van der Waals surface area contributed by atoms with Crippen molar-refractivity contribution >= 4 is 29.0 Å². The molecule has 2 atom stereocenters. The second-order valence-electron chi connectivity index (χ2n) is 8.50. The van der Waals surface area contributed by atoms with Gasteiger partial charge in [0.1, 0.15) is 5.75 Å². The number of phenols is 1. The fourth-order valence-corrected chi connectivity index (χ4v) is 5.17. The highest BCUT2D eigenvalue weighted by atomic mass is 32.1. The fraction of sp³-hybridized carbons (Fsp3) is 0.148. The Hall–Kier alpha value is -4.17. The van der Waals surface area contributed by atoms with E-state index in [9.17, 15) is 15.0 Å². The lowest BCUT2D eigenvalue weighted by molar-refractivity contribution is 0.0697. The van der Waals surface area contributed by atoms with Gasteiger partial charge in [0.05, 0.1) is 29.0 Å². The van der Waals surface area contributed by atoms with Crippen LogP contribution in [-0.4, -0.2) is 30.8 Å². The number of hydrogen-bond acceptors (Lipinski definition) is 4. The third-order valence-electron chi connectivity index (χ3n) is 6.40. The lowest BCUT2D eigenvalue weighted by atomic mass is 9.96. The van der Waals surface area contributed by atoms with Crippen molar-refractivity contribution in [2.45, 2.75) is 25.9 Å². The van der Waals surface area contributed by atoms with Gasteiger partial charge in [0.15, 0.2) is 5.11 Å². The van der Waals surface area contributed by atoms with E-state index in [1.807, 2.05) is 61.2 Å². The van der Waals surface area contributed by atoms with Gasteiger partial charge in [-0.15, -0.1) is 0 Å². The highest BCUT2D eigenvalue weighted by molar-refractivity contribution is 7.80. The molecule has 176 valence electrons. The molecule has 0 amide bonds. The van der Waals surface area contributed by atoms with Gasteiger partial charge in [-0.1, -0.05) is 18.2 Å². The third kappa shape index (κ3) is 3.91. The van der Waals surface area contributed by atoms with E-state index in [0.29, 0.717) is 10.8 Å². The Morgan fingerprint density at radius 3 is 2.40 bits per heavy atom. The molecule has 1 saturated heterocycles. The molecule has 3 heterocycles. The maximum atomic E-state index is 11.3. The van der Waals surface area contributed by atoms with Gasteiger partial charge in [0.25, 0.3) is 0 Å². The Balaban J connectivity index is 1.67. The number of carboxylic acid groups (broad SMARTS) is 1. The number of benzene rings is 2. The normalized spacial score (nSPS) is 17.4. The number of aromatic hydroxyl groups is 1. The van der Waals surface area contributed by atoms with Crippen LogP contribution >= 0.6 is 12.2 Å². The highest BCUT2D eigenvalue weighted by Crippen LogP contribution is 2.45. The van der Waals surface area contributed by atoms with Gasteiger partial charge in [-0.25, -0.2) is 4.79 Å². The summed E-state index contributed by atoms with van der Waals surface area (Å²) >= 11 is 5.76. The molecule has 7 nitrogen and oxygen atoms in total. The third-order valence-corrected chi connectivity index (χ3v) is 6.72. The van der Waals surface area contributed by atoms with Crippen LogP contribution in [0.1, 0.15) is 45.1 Å². The van der Waals surface area contributed by atoms with Crippen molar-refractivity contribution in [2.75, 3.05) is 4.90 Å². The summed E-state index contributed by atoms with van der Waals surface area (Å²) in [6.07, 6.45) is 1.76. The number of aromatic nitrogens is 2. The number of anilines is 1. The Bertz CT molecular complexity index is 1420. The van der Waals surface area contributed by atoms with E-state index in [2.05, 4.69) is 20.9 Å². The summed E-state index contributed by atoms with van der Waals surface area (Å²) in [5, 5.41) is 23.9. The first-order valence-electron chi connectivity index (χ1n) is 11.2. The molecule has 5 rings (SSSR count). The minimum Gasteiger partial charge on any atom is -0.506 e. The van der Waals surface area contributed by atoms with E-state index in [4.69, 9.17) is 12.2 Å². The monoisotopic (exact) mass is 484 g/mol. The summed E-state index contributed by atoms with van der Waals surface area (Å²) in [6.45, 7) is 4.05. The van der Waals surface area contributed by atoms with Gasteiger partial charge < -0.3 is 25.0 Å². The largest absolute Gasteiger partial charge is 0.506 e.